The van der Waals surface area contributed by atoms with Crippen LogP contribution in [0.15, 0.2) is 10.4 Å². The van der Waals surface area contributed by atoms with Crippen molar-refractivity contribution in [2.75, 3.05) is 13.6 Å². The number of aryl methyl sites for hydroxylation is 3. The van der Waals surface area contributed by atoms with Gasteiger partial charge >= 0.3 is 0 Å². The van der Waals surface area contributed by atoms with Gasteiger partial charge in [0.1, 0.15) is 0 Å². The van der Waals surface area contributed by atoms with E-state index < -0.39 is 0 Å². The van der Waals surface area contributed by atoms with Gasteiger partial charge < -0.3 is 10.2 Å². The van der Waals surface area contributed by atoms with Crippen molar-refractivity contribution in [3.05, 3.63) is 31.7 Å². The van der Waals surface area contributed by atoms with Gasteiger partial charge in [-0.3, -0.25) is 0 Å². The van der Waals surface area contributed by atoms with Gasteiger partial charge in [0.05, 0.1) is 34.5 Å². The average molecular weight is 338 g/mol. The van der Waals surface area contributed by atoms with E-state index in [1.807, 2.05) is 27.8 Å². The summed E-state index contributed by atoms with van der Waals surface area (Å²) >= 11 is 3.40. The minimum absolute atomic E-state index is 0.667. The summed E-state index contributed by atoms with van der Waals surface area (Å²) in [6.07, 6.45) is 0. The van der Waals surface area contributed by atoms with Crippen LogP contribution in [-0.2, 0) is 13.1 Å². The largest absolute Gasteiger partial charge is 0.357 e. The maximum atomic E-state index is 4.74. The summed E-state index contributed by atoms with van der Waals surface area (Å²) in [6, 6.07) is 0. The maximum Gasteiger partial charge on any atom is 0.194 e. The molecule has 2 heterocycles. The summed E-state index contributed by atoms with van der Waals surface area (Å²) in [5.41, 5.74) is 2.17. The molecule has 0 aliphatic rings. The highest BCUT2D eigenvalue weighted by Gasteiger charge is 2.10. The second-order valence-corrected chi connectivity index (χ2v) is 7.48. The third kappa shape index (κ3) is 4.51. The molecule has 120 valence electrons. The van der Waals surface area contributed by atoms with Gasteiger partial charge in [-0.05, 0) is 27.7 Å². The lowest BCUT2D eigenvalue weighted by atomic mass is 10.4. The van der Waals surface area contributed by atoms with Crippen molar-refractivity contribution in [1.29, 1.82) is 0 Å². The number of hydrogen-bond donors (Lipinski definition) is 1. The zero-order valence-corrected chi connectivity index (χ0v) is 15.4. The molecule has 7 heteroatoms. The van der Waals surface area contributed by atoms with Crippen LogP contribution in [0.25, 0.3) is 0 Å². The SMILES string of the molecule is CCNC(=NCc1sc(C)nc1C)N(C)Cc1csc(C)n1. The molecule has 1 N–H and O–H groups in total. The maximum absolute atomic E-state index is 4.74. The molecule has 0 aliphatic heterocycles. The van der Waals surface area contributed by atoms with Gasteiger partial charge in [0, 0.05) is 23.8 Å². The van der Waals surface area contributed by atoms with E-state index in [1.165, 1.54) is 4.88 Å². The number of nitrogens with one attached hydrogen (secondary N) is 1. The van der Waals surface area contributed by atoms with E-state index in [9.17, 15) is 0 Å². The zero-order valence-electron chi connectivity index (χ0n) is 13.8. The van der Waals surface area contributed by atoms with Crippen molar-refractivity contribution in [2.24, 2.45) is 4.99 Å². The van der Waals surface area contributed by atoms with E-state index in [4.69, 9.17) is 4.99 Å². The molecular weight excluding hydrogens is 314 g/mol. The number of aromatic nitrogens is 2. The lowest BCUT2D eigenvalue weighted by Gasteiger charge is -2.21. The van der Waals surface area contributed by atoms with Crippen molar-refractivity contribution in [3.8, 4) is 0 Å². The quantitative estimate of drug-likeness (QED) is 0.673. The number of thiazole rings is 2. The van der Waals surface area contributed by atoms with Crippen molar-refractivity contribution in [3.63, 3.8) is 0 Å². The monoisotopic (exact) mass is 337 g/mol. The summed E-state index contributed by atoms with van der Waals surface area (Å²) in [5, 5.41) is 7.64. The number of nitrogens with zero attached hydrogens (tertiary/aromatic N) is 4. The van der Waals surface area contributed by atoms with E-state index in [0.717, 1.165) is 40.5 Å². The van der Waals surface area contributed by atoms with Crippen LogP contribution in [0.2, 0.25) is 0 Å². The normalized spacial score (nSPS) is 11.8. The Bertz CT molecular complexity index is 644. The minimum Gasteiger partial charge on any atom is -0.357 e. The molecule has 0 spiro atoms. The average Bonchev–Trinajstić information content (AvgIpc) is 3.00. The molecule has 0 amide bonds. The molecule has 0 aromatic carbocycles. The van der Waals surface area contributed by atoms with Crippen LogP contribution >= 0.6 is 22.7 Å². The highest BCUT2D eigenvalue weighted by atomic mass is 32.1. The molecule has 22 heavy (non-hydrogen) atoms. The Morgan fingerprint density at radius 2 is 2.05 bits per heavy atom. The van der Waals surface area contributed by atoms with Gasteiger partial charge in [0.2, 0.25) is 0 Å². The van der Waals surface area contributed by atoms with E-state index in [0.29, 0.717) is 6.54 Å². The Morgan fingerprint density at radius 3 is 2.59 bits per heavy atom. The topological polar surface area (TPSA) is 53.4 Å². The second-order valence-electron chi connectivity index (χ2n) is 5.13. The second kappa shape index (κ2) is 7.69. The molecule has 2 aromatic heterocycles. The molecule has 2 aromatic rings. The van der Waals surface area contributed by atoms with Crippen LogP contribution in [0.4, 0.5) is 0 Å². The van der Waals surface area contributed by atoms with Crippen LogP contribution in [0.1, 0.15) is 33.2 Å². The molecule has 0 fully saturated rings. The number of aliphatic imine (C=N–C) groups is 1. The molecule has 2 rings (SSSR count). The zero-order chi connectivity index (χ0) is 16.1. The smallest absolute Gasteiger partial charge is 0.194 e. The fourth-order valence-corrected chi connectivity index (χ4v) is 3.60. The minimum atomic E-state index is 0.667. The fourth-order valence-electron chi connectivity index (χ4n) is 2.14. The molecule has 5 nitrogen and oxygen atoms in total. The Labute approximate surface area is 140 Å². The summed E-state index contributed by atoms with van der Waals surface area (Å²) in [5.74, 6) is 0.901. The van der Waals surface area contributed by atoms with Gasteiger partial charge in [-0.25, -0.2) is 15.0 Å². The van der Waals surface area contributed by atoms with E-state index in [1.54, 1.807) is 22.7 Å². The highest BCUT2D eigenvalue weighted by molar-refractivity contribution is 7.11. The standard InChI is InChI=1S/C15H23N5S2/c1-6-16-15(17-7-14-10(2)18-12(4)22-14)20(5)8-13-9-21-11(3)19-13/h9H,6-8H2,1-5H3,(H,16,17). The van der Waals surface area contributed by atoms with Crippen molar-refractivity contribution < 1.29 is 0 Å². The van der Waals surface area contributed by atoms with Gasteiger partial charge in [-0.15, -0.1) is 22.7 Å². The van der Waals surface area contributed by atoms with E-state index in [2.05, 4.69) is 32.5 Å². The molecule has 0 bridgehead atoms. The first-order chi connectivity index (χ1) is 10.5. The van der Waals surface area contributed by atoms with Crippen LogP contribution in [0, 0.1) is 20.8 Å². The number of hydrogen-bond acceptors (Lipinski definition) is 5. The van der Waals surface area contributed by atoms with Crippen molar-refractivity contribution >= 4 is 28.6 Å². The predicted molar refractivity (Wildman–Crippen MR) is 94.7 cm³/mol. The van der Waals surface area contributed by atoms with Crippen molar-refractivity contribution in [2.45, 2.75) is 40.8 Å². The summed E-state index contributed by atoms with van der Waals surface area (Å²) < 4.78 is 0. The Kier molecular flexibility index (Phi) is 5.90. The van der Waals surface area contributed by atoms with E-state index in [-0.39, 0.29) is 0 Å². The summed E-state index contributed by atoms with van der Waals surface area (Å²) in [6.45, 7) is 10.5. The molecule has 0 saturated heterocycles. The lowest BCUT2D eigenvalue weighted by molar-refractivity contribution is 0.471. The van der Waals surface area contributed by atoms with Crippen LogP contribution in [-0.4, -0.2) is 34.4 Å². The lowest BCUT2D eigenvalue weighted by Crippen LogP contribution is -2.38. The third-order valence-corrected chi connectivity index (χ3v) is 5.01. The Morgan fingerprint density at radius 1 is 1.27 bits per heavy atom. The molecule has 0 atom stereocenters. The number of rotatable bonds is 5. The number of guanidine groups is 1. The van der Waals surface area contributed by atoms with Gasteiger partial charge in [0.25, 0.3) is 0 Å². The third-order valence-electron chi connectivity index (χ3n) is 3.13. The first-order valence-electron chi connectivity index (χ1n) is 7.33. The molecule has 0 aliphatic carbocycles. The van der Waals surface area contributed by atoms with Gasteiger partial charge in [-0.2, -0.15) is 0 Å². The van der Waals surface area contributed by atoms with Crippen molar-refractivity contribution in [1.82, 2.24) is 20.2 Å². The van der Waals surface area contributed by atoms with Gasteiger partial charge in [0.15, 0.2) is 5.96 Å². The van der Waals surface area contributed by atoms with Gasteiger partial charge in [-0.1, -0.05) is 0 Å². The summed E-state index contributed by atoms with van der Waals surface area (Å²) in [4.78, 5) is 17.1. The first kappa shape index (κ1) is 16.9. The predicted octanol–water partition coefficient (Wildman–Crippen LogP) is 3.12. The first-order valence-corrected chi connectivity index (χ1v) is 9.02. The fraction of sp³-hybridized carbons (Fsp3) is 0.533. The Hall–Kier alpha value is -1.47. The Balaban J connectivity index is 2.07. The van der Waals surface area contributed by atoms with Crippen LogP contribution in [0.5, 0.6) is 0 Å². The highest BCUT2D eigenvalue weighted by Crippen LogP contribution is 2.18. The molecule has 0 unspecified atom stereocenters. The summed E-state index contributed by atoms with van der Waals surface area (Å²) in [7, 11) is 2.04. The van der Waals surface area contributed by atoms with E-state index >= 15 is 0 Å². The van der Waals surface area contributed by atoms with Crippen LogP contribution in [0.3, 0.4) is 0 Å². The molecule has 0 saturated carbocycles. The molecule has 0 radical (unpaired) electrons. The van der Waals surface area contributed by atoms with Crippen LogP contribution < -0.4 is 5.32 Å². The molecular formula is C15H23N5S2.